The first-order valence-electron chi connectivity index (χ1n) is 8.31. The third-order valence-electron chi connectivity index (χ3n) is 4.23. The number of unbranched alkanes of at least 4 members (excludes halogenated alkanes) is 2. The molecule has 0 atom stereocenters. The smallest absolute Gasteiger partial charge is 0.417 e. The predicted molar refractivity (Wildman–Crippen MR) is 97.1 cm³/mol. The van der Waals surface area contributed by atoms with Crippen LogP contribution in [0.1, 0.15) is 37.3 Å². The van der Waals surface area contributed by atoms with Gasteiger partial charge in [0.25, 0.3) is 0 Å². The van der Waals surface area contributed by atoms with Crippen LogP contribution < -0.4 is 0 Å². The summed E-state index contributed by atoms with van der Waals surface area (Å²) in [6.07, 6.45) is -0.832. The molecule has 3 rings (SSSR count). The lowest BCUT2D eigenvalue weighted by Crippen LogP contribution is -2.08. The average molecular weight is 364 g/mol. The number of hydrogen-bond acceptors (Lipinski definition) is 2. The molecule has 0 bridgehead atoms. The van der Waals surface area contributed by atoms with E-state index in [0.717, 1.165) is 24.6 Å². The summed E-state index contributed by atoms with van der Waals surface area (Å²) in [6.45, 7) is 2.07. The number of furan rings is 1. The van der Waals surface area contributed by atoms with Crippen molar-refractivity contribution in [1.29, 1.82) is 0 Å². The number of rotatable bonds is 5. The van der Waals surface area contributed by atoms with Crippen molar-refractivity contribution in [3.8, 4) is 11.3 Å². The summed E-state index contributed by atoms with van der Waals surface area (Å²) < 4.78 is 46.4. The zero-order chi connectivity index (χ0) is 18.0. The number of alkyl halides is 3. The minimum Gasteiger partial charge on any atom is -0.456 e. The molecular formula is C20H19F3OS. The van der Waals surface area contributed by atoms with Gasteiger partial charge in [-0.15, -0.1) is 12.6 Å². The van der Waals surface area contributed by atoms with E-state index in [-0.39, 0.29) is 11.3 Å². The van der Waals surface area contributed by atoms with Crippen molar-refractivity contribution in [3.63, 3.8) is 0 Å². The predicted octanol–water partition coefficient (Wildman–Crippen LogP) is 7.14. The molecule has 0 radical (unpaired) electrons. The van der Waals surface area contributed by atoms with Crippen molar-refractivity contribution in [1.82, 2.24) is 0 Å². The van der Waals surface area contributed by atoms with Gasteiger partial charge in [0.05, 0.1) is 5.56 Å². The fourth-order valence-electron chi connectivity index (χ4n) is 2.93. The van der Waals surface area contributed by atoms with Crippen LogP contribution in [-0.2, 0) is 12.6 Å². The quantitative estimate of drug-likeness (QED) is 0.375. The normalized spacial score (nSPS) is 12.0. The van der Waals surface area contributed by atoms with Gasteiger partial charge in [-0.25, -0.2) is 0 Å². The van der Waals surface area contributed by atoms with Crippen molar-refractivity contribution in [3.05, 3.63) is 53.6 Å². The standard InChI is InChI=1S/C20H19F3OS/c1-2-3-4-5-13-6-9-16(17(10-13)20(21,22)23)19-11-14-7-8-15(25)12-18(14)24-19/h6-12,25H,2-5H2,1H3. The minimum atomic E-state index is -4.43. The van der Waals surface area contributed by atoms with E-state index in [1.165, 1.54) is 12.1 Å². The molecule has 0 aliphatic carbocycles. The van der Waals surface area contributed by atoms with Crippen LogP contribution in [-0.4, -0.2) is 0 Å². The molecule has 0 fully saturated rings. The molecule has 0 spiro atoms. The zero-order valence-electron chi connectivity index (χ0n) is 13.9. The molecule has 1 aromatic heterocycles. The summed E-state index contributed by atoms with van der Waals surface area (Å²) in [6, 6.07) is 11.4. The van der Waals surface area contributed by atoms with Crippen LogP contribution in [0.5, 0.6) is 0 Å². The molecule has 2 aromatic carbocycles. The van der Waals surface area contributed by atoms with Crippen LogP contribution >= 0.6 is 12.6 Å². The molecule has 0 amide bonds. The molecular weight excluding hydrogens is 345 g/mol. The molecule has 132 valence electrons. The van der Waals surface area contributed by atoms with Gasteiger partial charge in [-0.3, -0.25) is 0 Å². The van der Waals surface area contributed by atoms with Crippen molar-refractivity contribution >= 4 is 23.6 Å². The molecule has 0 aliphatic rings. The van der Waals surface area contributed by atoms with Crippen molar-refractivity contribution < 1.29 is 17.6 Å². The van der Waals surface area contributed by atoms with Crippen LogP contribution in [0.3, 0.4) is 0 Å². The fourth-order valence-corrected chi connectivity index (χ4v) is 3.12. The van der Waals surface area contributed by atoms with Gasteiger partial charge in [-0.05, 0) is 48.7 Å². The Hall–Kier alpha value is -1.88. The van der Waals surface area contributed by atoms with Crippen molar-refractivity contribution in [2.45, 2.75) is 43.7 Å². The van der Waals surface area contributed by atoms with E-state index in [1.54, 1.807) is 30.3 Å². The Morgan fingerprint density at radius 1 is 1.00 bits per heavy atom. The Balaban J connectivity index is 2.04. The monoisotopic (exact) mass is 364 g/mol. The Morgan fingerprint density at radius 3 is 2.52 bits per heavy atom. The highest BCUT2D eigenvalue weighted by Gasteiger charge is 2.34. The van der Waals surface area contributed by atoms with Crippen molar-refractivity contribution in [2.75, 3.05) is 0 Å². The van der Waals surface area contributed by atoms with E-state index in [4.69, 9.17) is 4.42 Å². The Bertz CT molecular complexity index is 880. The van der Waals surface area contributed by atoms with Crippen LogP contribution in [0.4, 0.5) is 13.2 Å². The SMILES string of the molecule is CCCCCc1ccc(-c2cc3ccc(S)cc3o2)c(C(F)(F)F)c1. The molecule has 25 heavy (non-hydrogen) atoms. The number of halogens is 3. The van der Waals surface area contributed by atoms with Gasteiger partial charge in [0, 0.05) is 15.8 Å². The van der Waals surface area contributed by atoms with E-state index < -0.39 is 11.7 Å². The lowest BCUT2D eigenvalue weighted by molar-refractivity contribution is -0.137. The van der Waals surface area contributed by atoms with Gasteiger partial charge in [0.1, 0.15) is 11.3 Å². The van der Waals surface area contributed by atoms with E-state index in [1.807, 2.05) is 0 Å². The van der Waals surface area contributed by atoms with Gasteiger partial charge in [-0.2, -0.15) is 13.2 Å². The Morgan fingerprint density at radius 2 is 1.80 bits per heavy atom. The molecule has 0 unspecified atom stereocenters. The van der Waals surface area contributed by atoms with Gasteiger partial charge < -0.3 is 4.42 Å². The number of fused-ring (bicyclic) bond motifs is 1. The maximum absolute atomic E-state index is 13.6. The summed E-state index contributed by atoms with van der Waals surface area (Å²) in [5.74, 6) is 0.223. The second kappa shape index (κ2) is 7.16. The topological polar surface area (TPSA) is 13.1 Å². The number of aryl methyl sites for hydroxylation is 1. The third-order valence-corrected chi connectivity index (χ3v) is 4.51. The summed E-state index contributed by atoms with van der Waals surface area (Å²) in [5.41, 5.74) is 0.663. The molecule has 3 aromatic rings. The van der Waals surface area contributed by atoms with Gasteiger partial charge in [0.2, 0.25) is 0 Å². The molecule has 0 saturated heterocycles. The second-order valence-corrected chi connectivity index (χ2v) is 6.68. The lowest BCUT2D eigenvalue weighted by Gasteiger charge is -2.13. The van der Waals surface area contributed by atoms with Crippen molar-refractivity contribution in [2.24, 2.45) is 0 Å². The maximum atomic E-state index is 13.6. The van der Waals surface area contributed by atoms with Crippen LogP contribution in [0.15, 0.2) is 51.8 Å². The van der Waals surface area contributed by atoms with Crippen LogP contribution in [0.25, 0.3) is 22.3 Å². The van der Waals surface area contributed by atoms with E-state index >= 15 is 0 Å². The zero-order valence-corrected chi connectivity index (χ0v) is 14.8. The minimum absolute atomic E-state index is 0.0728. The van der Waals surface area contributed by atoms with Gasteiger partial charge >= 0.3 is 6.18 Å². The first kappa shape index (κ1) is 17.9. The molecule has 1 heterocycles. The first-order valence-corrected chi connectivity index (χ1v) is 8.76. The van der Waals surface area contributed by atoms with E-state index in [9.17, 15) is 13.2 Å². The number of benzene rings is 2. The summed E-state index contributed by atoms with van der Waals surface area (Å²) in [5, 5.41) is 0.757. The lowest BCUT2D eigenvalue weighted by atomic mass is 9.98. The number of thiol groups is 1. The first-order chi connectivity index (χ1) is 11.9. The molecule has 0 aliphatic heterocycles. The third kappa shape index (κ3) is 4.03. The summed E-state index contributed by atoms with van der Waals surface area (Å²) >= 11 is 4.24. The van der Waals surface area contributed by atoms with Crippen LogP contribution in [0, 0.1) is 0 Å². The van der Waals surface area contributed by atoms with E-state index in [2.05, 4.69) is 19.6 Å². The Kier molecular flexibility index (Phi) is 5.13. The summed E-state index contributed by atoms with van der Waals surface area (Å²) in [4.78, 5) is 0.704. The number of hydrogen-bond donors (Lipinski definition) is 1. The highest BCUT2D eigenvalue weighted by atomic mass is 32.1. The maximum Gasteiger partial charge on any atom is 0.417 e. The highest BCUT2D eigenvalue weighted by molar-refractivity contribution is 7.80. The van der Waals surface area contributed by atoms with Gasteiger partial charge in [-0.1, -0.05) is 31.9 Å². The molecule has 1 nitrogen and oxygen atoms in total. The molecule has 0 saturated carbocycles. The fraction of sp³-hybridized carbons (Fsp3) is 0.300. The van der Waals surface area contributed by atoms with Gasteiger partial charge in [0.15, 0.2) is 0 Å². The average Bonchev–Trinajstić information content (AvgIpc) is 2.97. The largest absolute Gasteiger partial charge is 0.456 e. The second-order valence-electron chi connectivity index (χ2n) is 6.17. The highest BCUT2D eigenvalue weighted by Crippen LogP contribution is 2.39. The molecule has 5 heteroatoms. The van der Waals surface area contributed by atoms with Crippen LogP contribution in [0.2, 0.25) is 0 Å². The molecule has 0 N–H and O–H groups in total. The Labute approximate surface area is 150 Å². The van der Waals surface area contributed by atoms with E-state index in [0.29, 0.717) is 22.5 Å². The summed E-state index contributed by atoms with van der Waals surface area (Å²) in [7, 11) is 0.